The van der Waals surface area contributed by atoms with Gasteiger partial charge in [0.05, 0.1) is 6.54 Å². The van der Waals surface area contributed by atoms with Gasteiger partial charge in [-0.25, -0.2) is 0 Å². The summed E-state index contributed by atoms with van der Waals surface area (Å²) >= 11 is 0. The average Bonchev–Trinajstić information content (AvgIpc) is 3.14. The Labute approximate surface area is 123 Å². The number of hydrogen-bond donors (Lipinski definition) is 2. The van der Waals surface area contributed by atoms with Crippen molar-refractivity contribution in [1.82, 2.24) is 20.1 Å². The molecule has 1 fully saturated rings. The summed E-state index contributed by atoms with van der Waals surface area (Å²) in [5.41, 5.74) is 6.83. The Bertz CT molecular complexity index is 610. The first-order chi connectivity index (χ1) is 10.2. The third-order valence-electron chi connectivity index (χ3n) is 3.92. The first-order valence-electron chi connectivity index (χ1n) is 7.21. The molecule has 0 radical (unpaired) electrons. The highest BCUT2D eigenvalue weighted by molar-refractivity contribution is 5.78. The van der Waals surface area contributed by atoms with Crippen molar-refractivity contribution in [2.24, 2.45) is 11.7 Å². The Hall–Kier alpha value is -2.21. The van der Waals surface area contributed by atoms with Crippen LogP contribution in [0.25, 0.3) is 5.69 Å². The molecule has 6 heteroatoms. The lowest BCUT2D eigenvalue weighted by molar-refractivity contribution is -0.125. The number of amides is 1. The SMILES string of the molecule is NC1CCC(C(=O)NCc2nncn2-c2ccccc2)C1. The fraction of sp³-hybridized carbons (Fsp3) is 0.400. The smallest absolute Gasteiger partial charge is 0.223 e. The van der Waals surface area contributed by atoms with Crippen LogP contribution in [0.15, 0.2) is 36.7 Å². The number of rotatable bonds is 4. The predicted octanol–water partition coefficient (Wildman–Crippen LogP) is 1.01. The van der Waals surface area contributed by atoms with Crippen LogP contribution in [-0.2, 0) is 11.3 Å². The number of para-hydroxylation sites is 1. The Balaban J connectivity index is 1.64. The summed E-state index contributed by atoms with van der Waals surface area (Å²) in [6.07, 6.45) is 4.23. The molecule has 1 amide bonds. The molecule has 1 aliphatic rings. The van der Waals surface area contributed by atoms with E-state index in [4.69, 9.17) is 5.73 Å². The monoisotopic (exact) mass is 285 g/mol. The van der Waals surface area contributed by atoms with Crippen molar-refractivity contribution in [2.45, 2.75) is 31.8 Å². The minimum absolute atomic E-state index is 0.0353. The van der Waals surface area contributed by atoms with Crippen molar-refractivity contribution in [3.05, 3.63) is 42.5 Å². The first-order valence-corrected chi connectivity index (χ1v) is 7.21. The maximum atomic E-state index is 12.1. The van der Waals surface area contributed by atoms with Crippen molar-refractivity contribution >= 4 is 5.91 Å². The van der Waals surface area contributed by atoms with Crippen molar-refractivity contribution in [1.29, 1.82) is 0 Å². The van der Waals surface area contributed by atoms with E-state index in [1.165, 1.54) is 0 Å². The van der Waals surface area contributed by atoms with E-state index in [-0.39, 0.29) is 17.9 Å². The Morgan fingerprint density at radius 2 is 2.14 bits per heavy atom. The van der Waals surface area contributed by atoms with E-state index in [1.54, 1.807) is 6.33 Å². The number of aromatic nitrogens is 3. The van der Waals surface area contributed by atoms with Crippen LogP contribution in [-0.4, -0.2) is 26.7 Å². The first kappa shape index (κ1) is 13.8. The van der Waals surface area contributed by atoms with Crippen molar-refractivity contribution < 1.29 is 4.79 Å². The molecule has 2 unspecified atom stereocenters. The van der Waals surface area contributed by atoms with Gasteiger partial charge in [0.15, 0.2) is 5.82 Å². The molecule has 1 saturated carbocycles. The highest BCUT2D eigenvalue weighted by Gasteiger charge is 2.27. The molecular weight excluding hydrogens is 266 g/mol. The molecule has 6 nitrogen and oxygen atoms in total. The largest absolute Gasteiger partial charge is 0.349 e. The zero-order chi connectivity index (χ0) is 14.7. The lowest BCUT2D eigenvalue weighted by Crippen LogP contribution is -2.30. The van der Waals surface area contributed by atoms with E-state index < -0.39 is 0 Å². The molecule has 1 heterocycles. The number of nitrogens with two attached hydrogens (primary N) is 1. The van der Waals surface area contributed by atoms with Gasteiger partial charge in [0, 0.05) is 17.6 Å². The van der Waals surface area contributed by atoms with E-state index in [9.17, 15) is 4.79 Å². The quantitative estimate of drug-likeness (QED) is 0.878. The van der Waals surface area contributed by atoms with Crippen LogP contribution in [0.3, 0.4) is 0 Å². The molecule has 0 saturated heterocycles. The van der Waals surface area contributed by atoms with Crippen LogP contribution in [0, 0.1) is 5.92 Å². The molecule has 1 aliphatic carbocycles. The second-order valence-electron chi connectivity index (χ2n) is 5.44. The molecule has 3 rings (SSSR count). The molecular formula is C15H19N5O. The topological polar surface area (TPSA) is 85.8 Å². The van der Waals surface area contributed by atoms with Gasteiger partial charge in [-0.15, -0.1) is 10.2 Å². The summed E-state index contributed by atoms with van der Waals surface area (Å²) in [6.45, 7) is 0.374. The lowest BCUT2D eigenvalue weighted by atomic mass is 10.1. The van der Waals surface area contributed by atoms with Gasteiger partial charge in [-0.05, 0) is 31.4 Å². The molecule has 2 aromatic rings. The van der Waals surface area contributed by atoms with Crippen molar-refractivity contribution in [3.8, 4) is 5.69 Å². The standard InChI is InChI=1S/C15H19N5O/c16-12-7-6-11(8-12)15(21)17-9-14-19-18-10-20(14)13-4-2-1-3-5-13/h1-5,10-12H,6-9,16H2,(H,17,21). The Morgan fingerprint density at radius 1 is 1.33 bits per heavy atom. The molecule has 3 N–H and O–H groups in total. The van der Waals surface area contributed by atoms with Gasteiger partial charge >= 0.3 is 0 Å². The summed E-state index contributed by atoms with van der Waals surface area (Å²) in [5.74, 6) is 0.815. The van der Waals surface area contributed by atoms with Crippen LogP contribution >= 0.6 is 0 Å². The van der Waals surface area contributed by atoms with Crippen LogP contribution < -0.4 is 11.1 Å². The van der Waals surface area contributed by atoms with Gasteiger partial charge in [0.1, 0.15) is 6.33 Å². The van der Waals surface area contributed by atoms with Crippen molar-refractivity contribution in [2.75, 3.05) is 0 Å². The van der Waals surface area contributed by atoms with E-state index in [1.807, 2.05) is 34.9 Å². The normalized spacial score (nSPS) is 21.4. The molecule has 21 heavy (non-hydrogen) atoms. The fourth-order valence-electron chi connectivity index (χ4n) is 2.75. The highest BCUT2D eigenvalue weighted by atomic mass is 16.1. The van der Waals surface area contributed by atoms with Gasteiger partial charge in [0.2, 0.25) is 5.91 Å². The maximum Gasteiger partial charge on any atom is 0.223 e. The molecule has 1 aromatic carbocycles. The second kappa shape index (κ2) is 6.05. The van der Waals surface area contributed by atoms with E-state index >= 15 is 0 Å². The van der Waals surface area contributed by atoms with E-state index in [0.717, 1.165) is 30.8 Å². The Morgan fingerprint density at radius 3 is 2.86 bits per heavy atom. The minimum Gasteiger partial charge on any atom is -0.349 e. The zero-order valence-electron chi connectivity index (χ0n) is 11.8. The van der Waals surface area contributed by atoms with Crippen LogP contribution in [0.5, 0.6) is 0 Å². The number of nitrogens with one attached hydrogen (secondary N) is 1. The number of nitrogens with zero attached hydrogens (tertiary/aromatic N) is 3. The van der Waals surface area contributed by atoms with Gasteiger partial charge < -0.3 is 11.1 Å². The fourth-order valence-corrected chi connectivity index (χ4v) is 2.75. The number of hydrogen-bond acceptors (Lipinski definition) is 4. The van der Waals surface area contributed by atoms with Crippen LogP contribution in [0.2, 0.25) is 0 Å². The molecule has 1 aromatic heterocycles. The maximum absolute atomic E-state index is 12.1. The molecule has 0 spiro atoms. The summed E-state index contributed by atoms with van der Waals surface area (Å²) in [6, 6.07) is 9.98. The number of carbonyl (C=O) groups excluding carboxylic acids is 1. The van der Waals surface area contributed by atoms with Gasteiger partial charge in [0.25, 0.3) is 0 Å². The Kier molecular flexibility index (Phi) is 3.96. The molecule has 2 atom stereocenters. The zero-order valence-corrected chi connectivity index (χ0v) is 11.8. The third-order valence-corrected chi connectivity index (χ3v) is 3.92. The van der Waals surface area contributed by atoms with E-state index in [2.05, 4.69) is 15.5 Å². The van der Waals surface area contributed by atoms with Crippen LogP contribution in [0.1, 0.15) is 25.1 Å². The summed E-state index contributed by atoms with van der Waals surface area (Å²) in [7, 11) is 0. The second-order valence-corrected chi connectivity index (χ2v) is 5.44. The predicted molar refractivity (Wildman–Crippen MR) is 78.5 cm³/mol. The van der Waals surface area contributed by atoms with Gasteiger partial charge in [-0.2, -0.15) is 0 Å². The van der Waals surface area contributed by atoms with Gasteiger partial charge in [-0.3, -0.25) is 9.36 Å². The third kappa shape index (κ3) is 3.11. The molecule has 110 valence electrons. The summed E-state index contributed by atoms with van der Waals surface area (Å²) in [5, 5.41) is 10.9. The van der Waals surface area contributed by atoms with Gasteiger partial charge in [-0.1, -0.05) is 18.2 Å². The summed E-state index contributed by atoms with van der Waals surface area (Å²) in [4.78, 5) is 12.1. The number of benzene rings is 1. The minimum atomic E-state index is 0.0353. The van der Waals surface area contributed by atoms with Crippen LogP contribution in [0.4, 0.5) is 0 Å². The highest BCUT2D eigenvalue weighted by Crippen LogP contribution is 2.24. The van der Waals surface area contributed by atoms with Crippen molar-refractivity contribution in [3.63, 3.8) is 0 Å². The molecule has 0 bridgehead atoms. The number of carbonyl (C=O) groups is 1. The summed E-state index contributed by atoms with van der Waals surface area (Å²) < 4.78 is 1.88. The lowest BCUT2D eigenvalue weighted by Gasteiger charge is -2.11. The average molecular weight is 285 g/mol. The molecule has 0 aliphatic heterocycles. The van der Waals surface area contributed by atoms with E-state index in [0.29, 0.717) is 6.54 Å².